The molecule has 0 saturated heterocycles. The zero-order valence-corrected chi connectivity index (χ0v) is 3.31. The van der Waals surface area contributed by atoms with E-state index in [1.807, 2.05) is 0 Å². The molecular weight excluding hydrogens is 76.1 g/mol. The first-order valence-electron chi connectivity index (χ1n) is 1.73. The molecule has 0 aromatic carbocycles. The van der Waals surface area contributed by atoms with Gasteiger partial charge >= 0.3 is 0 Å². The van der Waals surface area contributed by atoms with Crippen LogP contribution in [0, 0.1) is 6.42 Å². The maximum Gasteiger partial charge on any atom is 0.203 e. The zero-order valence-electron chi connectivity index (χ0n) is 3.31. The van der Waals surface area contributed by atoms with E-state index in [0.717, 1.165) is 5.57 Å². The molecule has 0 spiro atoms. The predicted octanol–water partition coefficient (Wildman–Crippen LogP) is 1.20. The van der Waals surface area contributed by atoms with Gasteiger partial charge in [-0.2, -0.15) is 0 Å². The fourth-order valence-corrected chi connectivity index (χ4v) is 0.367. The monoisotopic (exact) mass is 81.0 g/mol. The van der Waals surface area contributed by atoms with Crippen LogP contribution in [0.4, 0.5) is 0 Å². The van der Waals surface area contributed by atoms with E-state index >= 15 is 0 Å². The van der Waals surface area contributed by atoms with Crippen LogP contribution in [-0.4, -0.2) is 5.11 Å². The van der Waals surface area contributed by atoms with Gasteiger partial charge in [-0.3, -0.25) is 0 Å². The standard InChI is InChI=1S/C5H4O/c1-4-2-5(6)3-4/h2-3H,1H2/p+1. The summed E-state index contributed by atoms with van der Waals surface area (Å²) < 4.78 is 0. The molecule has 0 amide bonds. The van der Waals surface area contributed by atoms with Crippen molar-refractivity contribution >= 4 is 0 Å². The number of hydrogen-bond donors (Lipinski definition) is 1. The van der Waals surface area contributed by atoms with Crippen molar-refractivity contribution in [2.24, 2.45) is 0 Å². The Morgan fingerprint density at radius 2 is 2.33 bits per heavy atom. The van der Waals surface area contributed by atoms with Crippen molar-refractivity contribution in [3.05, 3.63) is 30.4 Å². The lowest BCUT2D eigenvalue weighted by molar-refractivity contribution is 0.414. The molecule has 1 aliphatic rings. The number of allylic oxidation sites excluding steroid dienone is 2. The average Bonchev–Trinajstić information content (AvgIpc) is 1.33. The smallest absolute Gasteiger partial charge is 0.203 e. The Labute approximate surface area is 36.6 Å². The molecule has 1 rings (SSSR count). The number of hydrogen-bond acceptors (Lipinski definition) is 1. The highest BCUT2D eigenvalue weighted by atomic mass is 16.3. The van der Waals surface area contributed by atoms with E-state index in [9.17, 15) is 0 Å². The van der Waals surface area contributed by atoms with Gasteiger partial charge in [0, 0.05) is 0 Å². The van der Waals surface area contributed by atoms with Crippen LogP contribution in [0.1, 0.15) is 0 Å². The minimum atomic E-state index is 0.333. The molecule has 0 radical (unpaired) electrons. The van der Waals surface area contributed by atoms with Gasteiger partial charge < -0.3 is 5.11 Å². The molecule has 1 N–H and O–H groups in total. The largest absolute Gasteiger partial charge is 0.492 e. The maximum atomic E-state index is 8.36. The molecule has 30 valence electrons. The normalized spacial score (nSPS) is 18.0. The molecule has 1 heteroatoms. The number of rotatable bonds is 0. The van der Waals surface area contributed by atoms with Gasteiger partial charge in [-0.05, 0) is 6.58 Å². The summed E-state index contributed by atoms with van der Waals surface area (Å²) in [5.41, 5.74) is 0.896. The fraction of sp³-hybridized carbons (Fsp3) is 0. The molecule has 0 bridgehead atoms. The summed E-state index contributed by atoms with van der Waals surface area (Å²) in [5, 5.41) is 8.36. The molecule has 0 unspecified atom stereocenters. The van der Waals surface area contributed by atoms with Crippen LogP contribution in [0.15, 0.2) is 24.0 Å². The highest BCUT2D eigenvalue weighted by molar-refractivity contribution is 5.44. The van der Waals surface area contributed by atoms with Crippen LogP contribution in [0.3, 0.4) is 0 Å². The van der Waals surface area contributed by atoms with E-state index in [0.29, 0.717) is 5.76 Å². The lowest BCUT2D eigenvalue weighted by atomic mass is 10.0. The minimum absolute atomic E-state index is 0.333. The van der Waals surface area contributed by atoms with Crippen LogP contribution in [0.5, 0.6) is 0 Å². The topological polar surface area (TPSA) is 20.2 Å². The molecule has 0 fully saturated rings. The Morgan fingerprint density at radius 3 is 2.33 bits per heavy atom. The lowest BCUT2D eigenvalue weighted by Crippen LogP contribution is -1.95. The summed E-state index contributed by atoms with van der Waals surface area (Å²) in [5.74, 6) is 0.333. The summed E-state index contributed by atoms with van der Waals surface area (Å²) in [6, 6.07) is 0. The van der Waals surface area contributed by atoms with Crippen LogP contribution in [0.2, 0.25) is 0 Å². The number of aliphatic hydroxyl groups excluding tert-OH is 1. The quantitative estimate of drug-likeness (QED) is 0.434. The van der Waals surface area contributed by atoms with E-state index < -0.39 is 0 Å². The fourth-order valence-electron chi connectivity index (χ4n) is 0.367. The SMILES string of the molecule is C=C1C=C(O)[CH+]1. The molecule has 0 aromatic rings. The molecular formula is C5H5O+. The minimum Gasteiger partial charge on any atom is -0.492 e. The van der Waals surface area contributed by atoms with E-state index in [4.69, 9.17) is 5.11 Å². The molecule has 0 aliphatic heterocycles. The zero-order chi connectivity index (χ0) is 4.57. The van der Waals surface area contributed by atoms with E-state index in [1.165, 1.54) is 0 Å². The van der Waals surface area contributed by atoms with Crippen molar-refractivity contribution in [2.75, 3.05) is 0 Å². The Balaban J connectivity index is 2.68. The predicted molar refractivity (Wildman–Crippen MR) is 24.2 cm³/mol. The molecule has 0 saturated carbocycles. The molecule has 1 aliphatic carbocycles. The van der Waals surface area contributed by atoms with E-state index in [2.05, 4.69) is 6.58 Å². The summed E-state index contributed by atoms with van der Waals surface area (Å²) in [4.78, 5) is 0. The third kappa shape index (κ3) is 0.285. The van der Waals surface area contributed by atoms with Gasteiger partial charge in [-0.25, -0.2) is 0 Å². The van der Waals surface area contributed by atoms with Crippen LogP contribution < -0.4 is 0 Å². The molecule has 0 atom stereocenters. The molecule has 1 nitrogen and oxygen atoms in total. The maximum absolute atomic E-state index is 8.36. The summed E-state index contributed by atoms with van der Waals surface area (Å²) in [7, 11) is 0. The Kier molecular flexibility index (Phi) is 0.449. The van der Waals surface area contributed by atoms with Crippen LogP contribution >= 0.6 is 0 Å². The van der Waals surface area contributed by atoms with Crippen molar-refractivity contribution in [3.63, 3.8) is 0 Å². The van der Waals surface area contributed by atoms with Gasteiger partial charge in [-0.15, -0.1) is 0 Å². The first-order valence-corrected chi connectivity index (χ1v) is 1.73. The second kappa shape index (κ2) is 0.805. The van der Waals surface area contributed by atoms with Crippen molar-refractivity contribution in [1.29, 1.82) is 0 Å². The highest BCUT2D eigenvalue weighted by Gasteiger charge is 2.14. The average molecular weight is 81.1 g/mol. The summed E-state index contributed by atoms with van der Waals surface area (Å²) >= 11 is 0. The Morgan fingerprint density at radius 1 is 1.83 bits per heavy atom. The van der Waals surface area contributed by atoms with Crippen molar-refractivity contribution < 1.29 is 5.11 Å². The summed E-state index contributed by atoms with van der Waals surface area (Å²) in [6.45, 7) is 3.52. The lowest BCUT2D eigenvalue weighted by Gasteiger charge is -1.99. The van der Waals surface area contributed by atoms with Crippen LogP contribution in [-0.2, 0) is 0 Å². The van der Waals surface area contributed by atoms with E-state index in [-0.39, 0.29) is 0 Å². The van der Waals surface area contributed by atoms with Crippen molar-refractivity contribution in [3.8, 4) is 0 Å². The van der Waals surface area contributed by atoms with Crippen molar-refractivity contribution in [2.45, 2.75) is 0 Å². The molecule has 6 heavy (non-hydrogen) atoms. The van der Waals surface area contributed by atoms with Crippen LogP contribution in [0.25, 0.3) is 0 Å². The van der Waals surface area contributed by atoms with Gasteiger partial charge in [0.05, 0.1) is 18.1 Å². The molecule has 0 aromatic heterocycles. The Bertz CT molecular complexity index is 111. The van der Waals surface area contributed by atoms with Gasteiger partial charge in [0.1, 0.15) is 0 Å². The van der Waals surface area contributed by atoms with E-state index in [1.54, 1.807) is 12.5 Å². The van der Waals surface area contributed by atoms with Gasteiger partial charge in [0.2, 0.25) is 5.76 Å². The van der Waals surface area contributed by atoms with Gasteiger partial charge in [0.15, 0.2) is 0 Å². The third-order valence-corrected chi connectivity index (χ3v) is 0.667. The highest BCUT2D eigenvalue weighted by Crippen LogP contribution is 2.17. The Hall–Kier alpha value is -0.850. The first kappa shape index (κ1) is 3.34. The van der Waals surface area contributed by atoms with Crippen molar-refractivity contribution in [1.82, 2.24) is 0 Å². The summed E-state index contributed by atoms with van der Waals surface area (Å²) in [6.07, 6.45) is 3.22. The first-order chi connectivity index (χ1) is 2.79. The second-order valence-corrected chi connectivity index (χ2v) is 1.29. The molecule has 0 heterocycles. The van der Waals surface area contributed by atoms with Gasteiger partial charge in [-0.1, -0.05) is 0 Å². The number of aliphatic hydroxyl groups is 1. The second-order valence-electron chi connectivity index (χ2n) is 1.29. The van der Waals surface area contributed by atoms with Gasteiger partial charge in [0.25, 0.3) is 0 Å². The third-order valence-electron chi connectivity index (χ3n) is 0.667.